The first-order chi connectivity index (χ1) is 7.85. The summed E-state index contributed by atoms with van der Waals surface area (Å²) in [6.45, 7) is 3.75. The van der Waals surface area contributed by atoms with E-state index < -0.39 is 0 Å². The number of aromatic nitrogens is 1. The smallest absolute Gasteiger partial charge is 0.128 e. The first-order valence-corrected chi connectivity index (χ1v) is 5.07. The summed E-state index contributed by atoms with van der Waals surface area (Å²) in [5, 5.41) is 0. The zero-order chi connectivity index (χ0) is 11.4. The van der Waals surface area contributed by atoms with Gasteiger partial charge in [0.15, 0.2) is 0 Å². The highest BCUT2D eigenvalue weighted by Crippen LogP contribution is 2.28. The van der Waals surface area contributed by atoms with Crippen LogP contribution in [0.15, 0.2) is 49.2 Å². The fourth-order valence-corrected chi connectivity index (χ4v) is 1.58. The zero-order valence-electron chi connectivity index (χ0n) is 9.18. The number of hydrogen-bond acceptors (Lipinski definition) is 2. The Labute approximate surface area is 95.2 Å². The highest BCUT2D eigenvalue weighted by atomic mass is 16.5. The largest absolute Gasteiger partial charge is 0.496 e. The molecule has 0 unspecified atom stereocenters. The minimum absolute atomic E-state index is 0.830. The second-order valence-electron chi connectivity index (χ2n) is 3.38. The van der Waals surface area contributed by atoms with Crippen molar-refractivity contribution in [3.05, 3.63) is 54.7 Å². The van der Waals surface area contributed by atoms with Gasteiger partial charge in [-0.2, -0.15) is 0 Å². The van der Waals surface area contributed by atoms with E-state index in [2.05, 4.69) is 11.6 Å². The second kappa shape index (κ2) is 4.62. The highest BCUT2D eigenvalue weighted by Gasteiger charge is 2.05. The zero-order valence-corrected chi connectivity index (χ0v) is 9.18. The number of methoxy groups -OCH3 is 1. The molecule has 2 rings (SSSR count). The van der Waals surface area contributed by atoms with Crippen LogP contribution < -0.4 is 4.74 Å². The normalized spacial score (nSPS) is 9.81. The van der Waals surface area contributed by atoms with Crippen molar-refractivity contribution < 1.29 is 4.74 Å². The highest BCUT2D eigenvalue weighted by molar-refractivity contribution is 5.69. The van der Waals surface area contributed by atoms with E-state index in [1.807, 2.05) is 36.4 Å². The van der Waals surface area contributed by atoms with Crippen molar-refractivity contribution in [2.45, 2.75) is 0 Å². The summed E-state index contributed by atoms with van der Waals surface area (Å²) in [4.78, 5) is 4.34. The van der Waals surface area contributed by atoms with Crippen molar-refractivity contribution >= 4 is 6.08 Å². The van der Waals surface area contributed by atoms with Gasteiger partial charge in [0.2, 0.25) is 0 Å². The molecule has 0 amide bonds. The van der Waals surface area contributed by atoms with Gasteiger partial charge in [0, 0.05) is 11.8 Å². The Morgan fingerprint density at radius 2 is 2.06 bits per heavy atom. The second-order valence-corrected chi connectivity index (χ2v) is 3.38. The van der Waals surface area contributed by atoms with Crippen molar-refractivity contribution in [3.8, 4) is 17.0 Å². The number of ether oxygens (including phenoxy) is 1. The molecule has 0 aliphatic carbocycles. The number of pyridine rings is 1. The first-order valence-electron chi connectivity index (χ1n) is 5.07. The molecule has 1 aromatic carbocycles. The molecule has 0 saturated heterocycles. The molecular weight excluding hydrogens is 198 g/mol. The van der Waals surface area contributed by atoms with Crippen LogP contribution in [0.25, 0.3) is 17.3 Å². The summed E-state index contributed by atoms with van der Waals surface area (Å²) in [7, 11) is 1.66. The predicted octanol–water partition coefficient (Wildman–Crippen LogP) is 3.40. The predicted molar refractivity (Wildman–Crippen MR) is 66.3 cm³/mol. The van der Waals surface area contributed by atoms with E-state index in [9.17, 15) is 0 Å². The molecule has 2 aromatic rings. The Morgan fingerprint density at radius 1 is 1.25 bits per heavy atom. The fourth-order valence-electron chi connectivity index (χ4n) is 1.58. The molecular formula is C14H13NO. The number of hydrogen-bond donors (Lipinski definition) is 0. The van der Waals surface area contributed by atoms with Crippen molar-refractivity contribution in [2.75, 3.05) is 7.11 Å². The van der Waals surface area contributed by atoms with Crippen LogP contribution in [0, 0.1) is 0 Å². The summed E-state index contributed by atoms with van der Waals surface area (Å²) in [5.74, 6) is 0.830. The molecule has 0 fully saturated rings. The van der Waals surface area contributed by atoms with Gasteiger partial charge in [0.1, 0.15) is 5.75 Å². The lowest BCUT2D eigenvalue weighted by molar-refractivity contribution is 0.416. The van der Waals surface area contributed by atoms with Gasteiger partial charge in [-0.1, -0.05) is 24.8 Å². The minimum atomic E-state index is 0.830. The van der Waals surface area contributed by atoms with Gasteiger partial charge in [-0.25, -0.2) is 0 Å². The first kappa shape index (κ1) is 10.4. The number of para-hydroxylation sites is 1. The molecule has 1 aromatic heterocycles. The fraction of sp³-hybridized carbons (Fsp3) is 0.0714. The van der Waals surface area contributed by atoms with Crippen molar-refractivity contribution in [1.29, 1.82) is 0 Å². The topological polar surface area (TPSA) is 22.1 Å². The van der Waals surface area contributed by atoms with E-state index in [-0.39, 0.29) is 0 Å². The van der Waals surface area contributed by atoms with Crippen LogP contribution in [0.1, 0.15) is 5.56 Å². The molecule has 0 aliphatic rings. The van der Waals surface area contributed by atoms with Crippen LogP contribution in [0.4, 0.5) is 0 Å². The summed E-state index contributed by atoms with van der Waals surface area (Å²) in [5.41, 5.74) is 2.94. The number of rotatable bonds is 3. The van der Waals surface area contributed by atoms with Crippen LogP contribution in [0.5, 0.6) is 5.75 Å². The summed E-state index contributed by atoms with van der Waals surface area (Å²) < 4.78 is 5.31. The monoisotopic (exact) mass is 211 g/mol. The third-order valence-corrected chi connectivity index (χ3v) is 2.40. The van der Waals surface area contributed by atoms with E-state index in [0.29, 0.717) is 0 Å². The van der Waals surface area contributed by atoms with Gasteiger partial charge in [0.05, 0.1) is 12.8 Å². The van der Waals surface area contributed by atoms with E-state index in [1.54, 1.807) is 19.4 Å². The van der Waals surface area contributed by atoms with Gasteiger partial charge in [-0.3, -0.25) is 4.98 Å². The van der Waals surface area contributed by atoms with Crippen LogP contribution >= 0.6 is 0 Å². The van der Waals surface area contributed by atoms with Gasteiger partial charge in [0.25, 0.3) is 0 Å². The third kappa shape index (κ3) is 1.96. The summed E-state index contributed by atoms with van der Waals surface area (Å²) in [6, 6.07) is 11.8. The van der Waals surface area contributed by atoms with Crippen LogP contribution in [0.2, 0.25) is 0 Å². The SMILES string of the molecule is C=Cc1ccnc(-c2ccccc2OC)c1. The van der Waals surface area contributed by atoms with Crippen molar-refractivity contribution in [3.63, 3.8) is 0 Å². The summed E-state index contributed by atoms with van der Waals surface area (Å²) in [6.07, 6.45) is 3.58. The minimum Gasteiger partial charge on any atom is -0.496 e. The Morgan fingerprint density at radius 3 is 2.81 bits per heavy atom. The molecule has 0 aliphatic heterocycles. The number of nitrogens with zero attached hydrogens (tertiary/aromatic N) is 1. The molecule has 0 saturated carbocycles. The molecule has 16 heavy (non-hydrogen) atoms. The van der Waals surface area contributed by atoms with Crippen LogP contribution in [0.3, 0.4) is 0 Å². The van der Waals surface area contributed by atoms with E-state index in [4.69, 9.17) is 4.74 Å². The third-order valence-electron chi connectivity index (χ3n) is 2.40. The molecule has 0 bridgehead atoms. The molecule has 2 nitrogen and oxygen atoms in total. The van der Waals surface area contributed by atoms with E-state index >= 15 is 0 Å². The maximum absolute atomic E-state index is 5.31. The lowest BCUT2D eigenvalue weighted by atomic mass is 10.1. The Hall–Kier alpha value is -2.09. The number of benzene rings is 1. The standard InChI is InChI=1S/C14H13NO/c1-3-11-8-9-15-13(10-11)12-6-4-5-7-14(12)16-2/h3-10H,1H2,2H3. The molecule has 0 N–H and O–H groups in total. The van der Waals surface area contributed by atoms with Gasteiger partial charge < -0.3 is 4.74 Å². The summed E-state index contributed by atoms with van der Waals surface area (Å²) >= 11 is 0. The maximum atomic E-state index is 5.31. The molecule has 80 valence electrons. The van der Waals surface area contributed by atoms with Gasteiger partial charge >= 0.3 is 0 Å². The van der Waals surface area contributed by atoms with E-state index in [0.717, 1.165) is 22.6 Å². The van der Waals surface area contributed by atoms with Crippen molar-refractivity contribution in [1.82, 2.24) is 4.98 Å². The average Bonchev–Trinajstić information content (AvgIpc) is 2.38. The quantitative estimate of drug-likeness (QED) is 0.776. The van der Waals surface area contributed by atoms with Crippen molar-refractivity contribution in [2.24, 2.45) is 0 Å². The van der Waals surface area contributed by atoms with Crippen LogP contribution in [-0.4, -0.2) is 12.1 Å². The van der Waals surface area contributed by atoms with Gasteiger partial charge in [-0.05, 0) is 29.8 Å². The molecule has 0 radical (unpaired) electrons. The molecule has 1 heterocycles. The Bertz CT molecular complexity index is 506. The Balaban J connectivity index is 2.53. The molecule has 2 heteroatoms. The Kier molecular flexibility index (Phi) is 3.01. The van der Waals surface area contributed by atoms with E-state index in [1.165, 1.54) is 0 Å². The molecule has 0 spiro atoms. The molecule has 0 atom stereocenters. The van der Waals surface area contributed by atoms with Crippen LogP contribution in [-0.2, 0) is 0 Å². The lowest BCUT2D eigenvalue weighted by Crippen LogP contribution is -1.89. The maximum Gasteiger partial charge on any atom is 0.128 e. The van der Waals surface area contributed by atoms with Gasteiger partial charge in [-0.15, -0.1) is 0 Å². The lowest BCUT2D eigenvalue weighted by Gasteiger charge is -2.07. The average molecular weight is 211 g/mol.